The second-order valence-corrected chi connectivity index (χ2v) is 4.65. The lowest BCUT2D eigenvalue weighted by Gasteiger charge is -2.27. The summed E-state index contributed by atoms with van der Waals surface area (Å²) in [4.78, 5) is 1.19. The summed E-state index contributed by atoms with van der Waals surface area (Å²) in [6, 6.07) is 8.71. The van der Waals surface area contributed by atoms with Crippen molar-refractivity contribution < 1.29 is 0 Å². The molecule has 1 unspecified atom stereocenters. The molecule has 0 aliphatic carbocycles. The Hall–Kier alpha value is -0.180. The smallest absolute Gasteiger partial charge is 0.0541 e. The Morgan fingerprint density at radius 3 is 2.85 bits per heavy atom. The molecule has 3 heteroatoms. The third-order valence-corrected chi connectivity index (χ3v) is 3.88. The van der Waals surface area contributed by atoms with Crippen LogP contribution >= 0.6 is 23.4 Å². The van der Waals surface area contributed by atoms with Crippen molar-refractivity contribution in [3.63, 3.8) is 0 Å². The fourth-order valence-corrected chi connectivity index (χ4v) is 2.59. The van der Waals surface area contributed by atoms with Crippen molar-refractivity contribution in [3.8, 4) is 0 Å². The van der Waals surface area contributed by atoms with Crippen molar-refractivity contribution >= 4 is 23.4 Å². The van der Waals surface area contributed by atoms with Crippen molar-refractivity contribution in [1.29, 1.82) is 0 Å². The number of rotatable bonds is 3. The molecule has 0 saturated carbocycles. The molecule has 0 amide bonds. The summed E-state index contributed by atoms with van der Waals surface area (Å²) < 4.78 is 0. The van der Waals surface area contributed by atoms with Crippen LogP contribution in [0.5, 0.6) is 0 Å². The summed E-state index contributed by atoms with van der Waals surface area (Å²) in [6.07, 6.45) is 1.30. The van der Waals surface area contributed by atoms with E-state index < -0.39 is 0 Å². The van der Waals surface area contributed by atoms with E-state index in [2.05, 4.69) is 11.4 Å². The zero-order chi connectivity index (χ0) is 9.10. The van der Waals surface area contributed by atoms with Gasteiger partial charge in [0.1, 0.15) is 0 Å². The molecule has 0 radical (unpaired) electrons. The highest BCUT2D eigenvalue weighted by Crippen LogP contribution is 2.27. The van der Waals surface area contributed by atoms with Crippen LogP contribution in [0.25, 0.3) is 0 Å². The normalized spacial score (nSPS) is 21.2. The first-order valence-electron chi connectivity index (χ1n) is 4.47. The molecule has 0 aromatic heterocycles. The summed E-state index contributed by atoms with van der Waals surface area (Å²) >= 11 is 7.86. The van der Waals surface area contributed by atoms with Gasteiger partial charge in [-0.2, -0.15) is 0 Å². The maximum Gasteiger partial charge on any atom is 0.0541 e. The van der Waals surface area contributed by atoms with Crippen LogP contribution < -0.4 is 5.32 Å². The molecular formula is C10H12ClNS. The Morgan fingerprint density at radius 1 is 1.46 bits per heavy atom. The van der Waals surface area contributed by atoms with E-state index in [9.17, 15) is 0 Å². The van der Waals surface area contributed by atoms with Gasteiger partial charge in [-0.05, 0) is 25.1 Å². The molecule has 2 rings (SSSR count). The lowest BCUT2D eigenvalue weighted by molar-refractivity contribution is 0.405. The van der Waals surface area contributed by atoms with E-state index in [1.165, 1.54) is 17.9 Å². The summed E-state index contributed by atoms with van der Waals surface area (Å²) in [6.45, 7) is 1.17. The Kier molecular flexibility index (Phi) is 3.14. The van der Waals surface area contributed by atoms with Crippen LogP contribution in [0, 0.1) is 0 Å². The number of halogens is 1. The Labute approximate surface area is 87.9 Å². The highest BCUT2D eigenvalue weighted by molar-refractivity contribution is 7.99. The van der Waals surface area contributed by atoms with Crippen molar-refractivity contribution in [2.45, 2.75) is 17.4 Å². The minimum atomic E-state index is 0.696. The minimum absolute atomic E-state index is 0.696. The Bertz CT molecular complexity index is 286. The zero-order valence-electron chi connectivity index (χ0n) is 7.29. The van der Waals surface area contributed by atoms with Gasteiger partial charge in [-0.3, -0.25) is 0 Å². The first-order valence-corrected chi connectivity index (χ1v) is 5.83. The standard InChI is InChI=1S/C10H12ClNS/c11-9-3-1-2-4-10(9)13-7-8-5-6-12-8/h1-4,8,12H,5-7H2. The lowest BCUT2D eigenvalue weighted by atomic mass is 10.1. The molecular weight excluding hydrogens is 202 g/mol. The number of hydrogen-bond acceptors (Lipinski definition) is 2. The van der Waals surface area contributed by atoms with Gasteiger partial charge in [0, 0.05) is 16.7 Å². The average Bonchev–Trinajstić information content (AvgIpc) is 2.05. The largest absolute Gasteiger partial charge is 0.313 e. The fraction of sp³-hybridized carbons (Fsp3) is 0.400. The van der Waals surface area contributed by atoms with Crippen LogP contribution in [0.15, 0.2) is 29.2 Å². The molecule has 1 saturated heterocycles. The minimum Gasteiger partial charge on any atom is -0.313 e. The molecule has 1 fully saturated rings. The molecule has 1 aromatic carbocycles. The van der Waals surface area contributed by atoms with Gasteiger partial charge in [0.2, 0.25) is 0 Å². The van der Waals surface area contributed by atoms with Crippen LogP contribution in [-0.2, 0) is 0 Å². The number of benzene rings is 1. The molecule has 1 aromatic rings. The van der Waals surface area contributed by atoms with Gasteiger partial charge in [0.15, 0.2) is 0 Å². The van der Waals surface area contributed by atoms with Gasteiger partial charge in [-0.15, -0.1) is 11.8 Å². The van der Waals surface area contributed by atoms with Crippen LogP contribution in [0.3, 0.4) is 0 Å². The second kappa shape index (κ2) is 4.36. The van der Waals surface area contributed by atoms with Gasteiger partial charge >= 0.3 is 0 Å². The third-order valence-electron chi connectivity index (χ3n) is 2.20. The quantitative estimate of drug-likeness (QED) is 0.776. The number of nitrogens with one attached hydrogen (secondary N) is 1. The summed E-state index contributed by atoms with van der Waals surface area (Å²) in [7, 11) is 0. The summed E-state index contributed by atoms with van der Waals surface area (Å²) in [5.74, 6) is 1.13. The number of hydrogen-bond donors (Lipinski definition) is 1. The molecule has 70 valence electrons. The van der Waals surface area contributed by atoms with E-state index in [1.54, 1.807) is 0 Å². The van der Waals surface area contributed by atoms with E-state index >= 15 is 0 Å². The molecule has 1 heterocycles. The van der Waals surface area contributed by atoms with E-state index in [0.29, 0.717) is 6.04 Å². The van der Waals surface area contributed by atoms with Gasteiger partial charge in [-0.1, -0.05) is 23.7 Å². The molecule has 0 spiro atoms. The third kappa shape index (κ3) is 2.39. The fourth-order valence-electron chi connectivity index (χ4n) is 1.24. The van der Waals surface area contributed by atoms with Crippen LogP contribution in [0.2, 0.25) is 5.02 Å². The molecule has 1 nitrogen and oxygen atoms in total. The monoisotopic (exact) mass is 213 g/mol. The second-order valence-electron chi connectivity index (χ2n) is 3.18. The molecule has 1 atom stereocenters. The van der Waals surface area contributed by atoms with Crippen LogP contribution in [0.1, 0.15) is 6.42 Å². The van der Waals surface area contributed by atoms with Gasteiger partial charge in [0.05, 0.1) is 5.02 Å². The molecule has 1 N–H and O–H groups in total. The van der Waals surface area contributed by atoms with Gasteiger partial charge < -0.3 is 5.32 Å². The molecule has 0 bridgehead atoms. The predicted molar refractivity (Wildman–Crippen MR) is 58.6 cm³/mol. The van der Waals surface area contributed by atoms with Crippen LogP contribution in [0.4, 0.5) is 0 Å². The average molecular weight is 214 g/mol. The predicted octanol–water partition coefficient (Wildman–Crippen LogP) is 2.79. The maximum absolute atomic E-state index is 6.03. The molecule has 1 aliphatic rings. The molecule has 1 aliphatic heterocycles. The van der Waals surface area contributed by atoms with E-state index in [4.69, 9.17) is 11.6 Å². The van der Waals surface area contributed by atoms with Crippen molar-refractivity contribution in [1.82, 2.24) is 5.32 Å². The van der Waals surface area contributed by atoms with E-state index in [-0.39, 0.29) is 0 Å². The highest BCUT2D eigenvalue weighted by Gasteiger charge is 2.16. The first kappa shape index (κ1) is 9.38. The van der Waals surface area contributed by atoms with E-state index in [1.807, 2.05) is 30.0 Å². The first-order chi connectivity index (χ1) is 6.36. The van der Waals surface area contributed by atoms with Crippen LogP contribution in [-0.4, -0.2) is 18.3 Å². The Morgan fingerprint density at radius 2 is 2.23 bits per heavy atom. The number of thioether (sulfide) groups is 1. The highest BCUT2D eigenvalue weighted by atomic mass is 35.5. The SMILES string of the molecule is Clc1ccccc1SCC1CCN1. The molecule has 13 heavy (non-hydrogen) atoms. The van der Waals surface area contributed by atoms with Crippen molar-refractivity contribution in [3.05, 3.63) is 29.3 Å². The van der Waals surface area contributed by atoms with Crippen molar-refractivity contribution in [2.24, 2.45) is 0 Å². The topological polar surface area (TPSA) is 12.0 Å². The van der Waals surface area contributed by atoms with Crippen molar-refractivity contribution in [2.75, 3.05) is 12.3 Å². The van der Waals surface area contributed by atoms with Gasteiger partial charge in [-0.25, -0.2) is 0 Å². The van der Waals surface area contributed by atoms with E-state index in [0.717, 1.165) is 10.8 Å². The lowest BCUT2D eigenvalue weighted by Crippen LogP contribution is -2.44. The zero-order valence-corrected chi connectivity index (χ0v) is 8.87. The summed E-state index contributed by atoms with van der Waals surface area (Å²) in [5.41, 5.74) is 0. The maximum atomic E-state index is 6.03. The Balaban J connectivity index is 1.89. The van der Waals surface area contributed by atoms with Gasteiger partial charge in [0.25, 0.3) is 0 Å². The summed E-state index contributed by atoms with van der Waals surface area (Å²) in [5, 5.41) is 4.24.